The maximum atomic E-state index is 6.59. The Morgan fingerprint density at radius 2 is 1.19 bits per heavy atom. The molecule has 0 radical (unpaired) electrons. The van der Waals surface area contributed by atoms with Crippen LogP contribution in [0.25, 0.3) is 0 Å². The van der Waals surface area contributed by atoms with Crippen molar-refractivity contribution >= 4 is 10.5 Å². The van der Waals surface area contributed by atoms with Crippen LogP contribution in [0.4, 0.5) is 0 Å². The SMILES string of the molecule is [SiH3]OC(CC12CC3CC(CC(C3)C1)C2)(c1ccccc1)c1ccccc1. The molecule has 0 heterocycles. The van der Waals surface area contributed by atoms with Crippen LogP contribution >= 0.6 is 0 Å². The van der Waals surface area contributed by atoms with Crippen molar-refractivity contribution in [3.8, 4) is 0 Å². The molecule has 0 saturated heterocycles. The van der Waals surface area contributed by atoms with Crippen molar-refractivity contribution in [3.63, 3.8) is 0 Å². The molecule has 2 heteroatoms. The Balaban J connectivity index is 1.59. The second-order valence-electron chi connectivity index (χ2n) is 9.36. The maximum Gasteiger partial charge on any atom is 0.147 e. The molecular formula is C24H30OSi. The predicted octanol–water partition coefficient (Wildman–Crippen LogP) is 4.83. The largest absolute Gasteiger partial charge is 0.414 e. The van der Waals surface area contributed by atoms with Gasteiger partial charge in [0, 0.05) is 0 Å². The fourth-order valence-electron chi connectivity index (χ4n) is 7.13. The van der Waals surface area contributed by atoms with E-state index in [1.165, 1.54) is 56.1 Å². The summed E-state index contributed by atoms with van der Waals surface area (Å²) in [4.78, 5) is 0. The summed E-state index contributed by atoms with van der Waals surface area (Å²) in [7, 11) is 0.755. The summed E-state index contributed by atoms with van der Waals surface area (Å²) in [6.07, 6.45) is 9.99. The molecule has 0 unspecified atom stereocenters. The fourth-order valence-corrected chi connectivity index (χ4v) is 7.74. The Morgan fingerprint density at radius 3 is 1.58 bits per heavy atom. The van der Waals surface area contributed by atoms with Crippen molar-refractivity contribution in [1.82, 2.24) is 0 Å². The standard InChI is InChI=1S/C24H30OSi/c26-25-24(21-7-3-1-4-8-21,22-9-5-2-6-10-22)17-23-14-18-11-19(15-23)13-20(12-18)16-23/h1-10,18-20H,11-17H2,26H3. The van der Waals surface area contributed by atoms with Gasteiger partial charge in [-0.2, -0.15) is 0 Å². The van der Waals surface area contributed by atoms with Crippen molar-refractivity contribution in [2.45, 2.75) is 50.5 Å². The molecule has 4 aliphatic carbocycles. The van der Waals surface area contributed by atoms with E-state index in [9.17, 15) is 0 Å². The normalized spacial score (nSPS) is 32.8. The minimum Gasteiger partial charge on any atom is -0.414 e. The van der Waals surface area contributed by atoms with E-state index in [4.69, 9.17) is 4.43 Å². The lowest BCUT2D eigenvalue weighted by atomic mass is 9.47. The lowest BCUT2D eigenvalue weighted by Gasteiger charge is -2.59. The van der Waals surface area contributed by atoms with Crippen molar-refractivity contribution in [3.05, 3.63) is 71.8 Å². The van der Waals surface area contributed by atoms with Crippen LogP contribution in [0, 0.1) is 23.2 Å². The molecule has 4 aliphatic rings. The first kappa shape index (κ1) is 16.8. The van der Waals surface area contributed by atoms with Crippen LogP contribution in [-0.2, 0) is 10.0 Å². The fraction of sp³-hybridized carbons (Fsp3) is 0.500. The van der Waals surface area contributed by atoms with Crippen LogP contribution < -0.4 is 0 Å². The van der Waals surface area contributed by atoms with E-state index in [1.54, 1.807) is 0 Å². The first-order chi connectivity index (χ1) is 12.7. The highest BCUT2D eigenvalue weighted by molar-refractivity contribution is 5.98. The van der Waals surface area contributed by atoms with Gasteiger partial charge in [-0.05, 0) is 79.2 Å². The van der Waals surface area contributed by atoms with Crippen LogP contribution in [0.5, 0.6) is 0 Å². The van der Waals surface area contributed by atoms with Gasteiger partial charge in [0.2, 0.25) is 0 Å². The smallest absolute Gasteiger partial charge is 0.147 e. The maximum absolute atomic E-state index is 6.59. The van der Waals surface area contributed by atoms with Crippen molar-refractivity contribution < 1.29 is 4.43 Å². The highest BCUT2D eigenvalue weighted by Crippen LogP contribution is 2.63. The van der Waals surface area contributed by atoms with Gasteiger partial charge in [0.25, 0.3) is 0 Å². The quantitative estimate of drug-likeness (QED) is 0.692. The third kappa shape index (κ3) is 2.70. The van der Waals surface area contributed by atoms with Gasteiger partial charge >= 0.3 is 0 Å². The first-order valence-corrected chi connectivity index (χ1v) is 11.2. The molecule has 2 aromatic carbocycles. The molecule has 4 fully saturated rings. The molecule has 0 atom stereocenters. The minimum absolute atomic E-state index is 0.263. The highest BCUT2D eigenvalue weighted by atomic mass is 28.2. The molecule has 6 rings (SSSR count). The summed E-state index contributed by atoms with van der Waals surface area (Å²) in [5.74, 6) is 2.96. The van der Waals surface area contributed by atoms with Crippen LogP contribution in [0.15, 0.2) is 60.7 Å². The van der Waals surface area contributed by atoms with Crippen LogP contribution in [-0.4, -0.2) is 10.5 Å². The lowest BCUT2D eigenvalue weighted by Crippen LogP contribution is -2.49. The number of hydrogen-bond donors (Lipinski definition) is 0. The topological polar surface area (TPSA) is 9.23 Å². The number of benzene rings is 2. The summed E-state index contributed by atoms with van der Waals surface area (Å²) in [6.45, 7) is 0. The Morgan fingerprint density at radius 1 is 0.769 bits per heavy atom. The van der Waals surface area contributed by atoms with Crippen molar-refractivity contribution in [1.29, 1.82) is 0 Å². The summed E-state index contributed by atoms with van der Waals surface area (Å²) in [5, 5.41) is 0. The first-order valence-electron chi connectivity index (χ1n) is 10.4. The molecule has 0 aromatic heterocycles. The van der Waals surface area contributed by atoms with Gasteiger partial charge < -0.3 is 4.43 Å². The molecule has 0 spiro atoms. The van der Waals surface area contributed by atoms with E-state index in [1.807, 2.05) is 0 Å². The Kier molecular flexibility index (Phi) is 4.09. The zero-order chi connectivity index (χ0) is 17.6. The summed E-state index contributed by atoms with van der Waals surface area (Å²) in [6, 6.07) is 22.1. The minimum atomic E-state index is -0.263. The molecule has 136 valence electrons. The van der Waals surface area contributed by atoms with Gasteiger partial charge in [-0.3, -0.25) is 0 Å². The summed E-state index contributed by atoms with van der Waals surface area (Å²) >= 11 is 0. The van der Waals surface area contributed by atoms with Gasteiger partial charge in [0.1, 0.15) is 16.1 Å². The van der Waals surface area contributed by atoms with E-state index in [-0.39, 0.29) is 5.60 Å². The lowest BCUT2D eigenvalue weighted by molar-refractivity contribution is -0.0876. The second kappa shape index (κ2) is 6.35. The average molecular weight is 363 g/mol. The van der Waals surface area contributed by atoms with E-state index in [0.717, 1.165) is 28.2 Å². The van der Waals surface area contributed by atoms with E-state index in [2.05, 4.69) is 60.7 Å². The Hall–Kier alpha value is -1.38. The van der Waals surface area contributed by atoms with Crippen molar-refractivity contribution in [2.24, 2.45) is 23.2 Å². The van der Waals surface area contributed by atoms with E-state index in [0.29, 0.717) is 5.41 Å². The molecule has 0 N–H and O–H groups in total. The Bertz CT molecular complexity index is 680. The van der Waals surface area contributed by atoms with Gasteiger partial charge in [0.05, 0.1) is 0 Å². The third-order valence-corrected chi connectivity index (χ3v) is 8.31. The van der Waals surface area contributed by atoms with Crippen LogP contribution in [0.1, 0.15) is 56.1 Å². The molecule has 4 bridgehead atoms. The zero-order valence-electron chi connectivity index (χ0n) is 15.9. The molecule has 2 aromatic rings. The van der Waals surface area contributed by atoms with Crippen LogP contribution in [0.2, 0.25) is 0 Å². The average Bonchev–Trinajstić information content (AvgIpc) is 2.66. The van der Waals surface area contributed by atoms with E-state index < -0.39 is 0 Å². The monoisotopic (exact) mass is 362 g/mol. The summed E-state index contributed by atoms with van der Waals surface area (Å²) in [5.41, 5.74) is 2.92. The van der Waals surface area contributed by atoms with Gasteiger partial charge in [-0.15, -0.1) is 0 Å². The van der Waals surface area contributed by atoms with E-state index >= 15 is 0 Å². The summed E-state index contributed by atoms with van der Waals surface area (Å²) < 4.78 is 6.59. The molecule has 1 nitrogen and oxygen atoms in total. The second-order valence-corrected chi connectivity index (χ2v) is 9.77. The molecule has 4 saturated carbocycles. The third-order valence-electron chi connectivity index (χ3n) is 7.62. The zero-order valence-corrected chi connectivity index (χ0v) is 17.9. The Labute approximate surface area is 160 Å². The number of hydrogen-bond acceptors (Lipinski definition) is 1. The molecule has 0 amide bonds. The molecular weight excluding hydrogens is 332 g/mol. The van der Waals surface area contributed by atoms with Gasteiger partial charge in [-0.1, -0.05) is 60.7 Å². The number of rotatable bonds is 5. The van der Waals surface area contributed by atoms with Gasteiger partial charge in [-0.25, -0.2) is 0 Å². The van der Waals surface area contributed by atoms with Gasteiger partial charge in [0.15, 0.2) is 0 Å². The molecule has 0 aliphatic heterocycles. The van der Waals surface area contributed by atoms with Crippen molar-refractivity contribution in [2.75, 3.05) is 0 Å². The van der Waals surface area contributed by atoms with Crippen LogP contribution in [0.3, 0.4) is 0 Å². The predicted molar refractivity (Wildman–Crippen MR) is 110 cm³/mol. The highest BCUT2D eigenvalue weighted by Gasteiger charge is 2.54. The molecule has 26 heavy (non-hydrogen) atoms.